The summed E-state index contributed by atoms with van der Waals surface area (Å²) in [4.78, 5) is 35.7. The molecule has 1 aliphatic rings. The van der Waals surface area contributed by atoms with Crippen LogP contribution in [0.5, 0.6) is 0 Å². The van der Waals surface area contributed by atoms with E-state index in [1.807, 2.05) is 63.2 Å². The van der Waals surface area contributed by atoms with Gasteiger partial charge in [0.1, 0.15) is 11.7 Å². The average Bonchev–Trinajstić information content (AvgIpc) is 2.78. The number of benzene rings is 2. The summed E-state index contributed by atoms with van der Waals surface area (Å²) in [6.45, 7) is 5.46. The van der Waals surface area contributed by atoms with E-state index in [9.17, 15) is 14.4 Å². The van der Waals surface area contributed by atoms with Crippen LogP contribution in [-0.4, -0.2) is 41.0 Å². The molecule has 0 aliphatic heterocycles. The Morgan fingerprint density at radius 2 is 1.66 bits per heavy atom. The number of nitrogens with one attached hydrogen (secondary N) is 2. The molecule has 8 heteroatoms. The van der Waals surface area contributed by atoms with E-state index >= 15 is 0 Å². The lowest BCUT2D eigenvalue weighted by Crippen LogP contribution is -2.42. The molecule has 35 heavy (non-hydrogen) atoms. The van der Waals surface area contributed by atoms with Crippen LogP contribution in [0.4, 0.5) is 15.3 Å². The number of hydrogen-bond acceptors (Lipinski definition) is 5. The van der Waals surface area contributed by atoms with E-state index in [1.54, 1.807) is 6.07 Å². The lowest BCUT2D eigenvalue weighted by atomic mass is 9.93. The van der Waals surface area contributed by atoms with Crippen molar-refractivity contribution in [2.45, 2.75) is 77.0 Å². The molecule has 0 saturated heterocycles. The Kier molecular flexibility index (Phi) is 8.73. The van der Waals surface area contributed by atoms with Gasteiger partial charge in [-0.2, -0.15) is 0 Å². The summed E-state index contributed by atoms with van der Waals surface area (Å²) in [7, 11) is 0. The van der Waals surface area contributed by atoms with Gasteiger partial charge in [0.2, 0.25) is 0 Å². The van der Waals surface area contributed by atoms with Gasteiger partial charge in [0.05, 0.1) is 5.69 Å². The van der Waals surface area contributed by atoms with Crippen LogP contribution < -0.4 is 10.6 Å². The van der Waals surface area contributed by atoms with Crippen molar-refractivity contribution >= 4 is 23.8 Å². The van der Waals surface area contributed by atoms with Crippen molar-refractivity contribution in [3.63, 3.8) is 0 Å². The molecule has 2 aromatic carbocycles. The van der Waals surface area contributed by atoms with Gasteiger partial charge in [0.25, 0.3) is 0 Å². The number of carbonyl (C=O) groups excluding carboxylic acids is 2. The van der Waals surface area contributed by atoms with Gasteiger partial charge in [-0.05, 0) is 70.1 Å². The Balaban J connectivity index is 1.59. The summed E-state index contributed by atoms with van der Waals surface area (Å²) in [6.07, 6.45) is 1.79. The largest absolute Gasteiger partial charge is 0.481 e. The summed E-state index contributed by atoms with van der Waals surface area (Å²) in [6, 6.07) is 15.2. The van der Waals surface area contributed by atoms with Crippen molar-refractivity contribution in [1.29, 1.82) is 0 Å². The van der Waals surface area contributed by atoms with Gasteiger partial charge >= 0.3 is 18.2 Å². The Hall–Kier alpha value is -3.55. The zero-order valence-electron chi connectivity index (χ0n) is 20.5. The van der Waals surface area contributed by atoms with Crippen molar-refractivity contribution in [3.8, 4) is 11.1 Å². The molecule has 0 aromatic heterocycles. The lowest BCUT2D eigenvalue weighted by molar-refractivity contribution is -0.136. The molecule has 0 heterocycles. The maximum atomic E-state index is 12.7. The number of ether oxygens (including phenoxy) is 2. The first-order valence-electron chi connectivity index (χ1n) is 12.0. The van der Waals surface area contributed by atoms with E-state index in [0.717, 1.165) is 16.7 Å². The predicted octanol–water partition coefficient (Wildman–Crippen LogP) is 5.76. The highest BCUT2D eigenvalue weighted by atomic mass is 16.6. The Morgan fingerprint density at radius 1 is 0.971 bits per heavy atom. The van der Waals surface area contributed by atoms with Crippen molar-refractivity contribution < 1.29 is 29.0 Å². The molecule has 8 nitrogen and oxygen atoms in total. The fourth-order valence-corrected chi connectivity index (χ4v) is 4.06. The molecule has 1 aliphatic carbocycles. The SMILES string of the molecule is CC(C)(C)OC(=O)NC1CCC(OC(=O)Nc2cc(CCC(=O)O)ccc2-c2ccccc2)CC1. The molecule has 2 amide bonds. The van der Waals surface area contributed by atoms with Gasteiger partial charge in [-0.1, -0.05) is 42.5 Å². The standard InChI is InChI=1S/C27H34N2O6/c1-27(2,3)35-26(33)28-20-11-13-21(14-12-20)34-25(32)29-23-17-18(10-16-24(30)31)9-15-22(23)19-7-5-4-6-8-19/h4-9,15,17,20-21H,10-14,16H2,1-3H3,(H,28,33)(H,29,32)(H,30,31). The van der Waals surface area contributed by atoms with Gasteiger partial charge in [0, 0.05) is 18.0 Å². The monoisotopic (exact) mass is 482 g/mol. The van der Waals surface area contributed by atoms with Gasteiger partial charge in [-0.3, -0.25) is 10.1 Å². The Bertz CT molecular complexity index is 1020. The first kappa shape index (κ1) is 26.1. The van der Waals surface area contributed by atoms with Crippen molar-refractivity contribution in [2.24, 2.45) is 0 Å². The number of anilines is 1. The second kappa shape index (κ2) is 11.7. The first-order chi connectivity index (χ1) is 16.6. The second-order valence-electron chi connectivity index (χ2n) is 9.79. The maximum absolute atomic E-state index is 12.7. The highest BCUT2D eigenvalue weighted by Gasteiger charge is 2.27. The van der Waals surface area contributed by atoms with E-state index in [-0.39, 0.29) is 18.6 Å². The third-order valence-corrected chi connectivity index (χ3v) is 5.70. The van der Waals surface area contributed by atoms with Gasteiger partial charge < -0.3 is 19.9 Å². The summed E-state index contributed by atoms with van der Waals surface area (Å²) in [5.41, 5.74) is 2.60. The minimum atomic E-state index is -0.872. The third kappa shape index (κ3) is 8.63. The zero-order valence-corrected chi connectivity index (χ0v) is 20.5. The maximum Gasteiger partial charge on any atom is 0.411 e. The third-order valence-electron chi connectivity index (χ3n) is 5.70. The fourth-order valence-electron chi connectivity index (χ4n) is 4.06. The molecule has 3 N–H and O–H groups in total. The molecule has 0 radical (unpaired) electrons. The van der Waals surface area contributed by atoms with Crippen LogP contribution in [0.15, 0.2) is 48.5 Å². The van der Waals surface area contributed by atoms with Crippen LogP contribution in [-0.2, 0) is 20.7 Å². The molecular weight excluding hydrogens is 448 g/mol. The number of aryl methyl sites for hydroxylation is 1. The van der Waals surface area contributed by atoms with Crippen LogP contribution in [0.1, 0.15) is 58.4 Å². The number of rotatable bonds is 7. The number of carboxylic acid groups (broad SMARTS) is 1. The van der Waals surface area contributed by atoms with E-state index in [4.69, 9.17) is 14.6 Å². The molecule has 0 unspecified atom stereocenters. The summed E-state index contributed by atoms with van der Waals surface area (Å²) < 4.78 is 11.0. The van der Waals surface area contributed by atoms with Gasteiger partial charge in [0.15, 0.2) is 0 Å². The summed E-state index contributed by atoms with van der Waals surface area (Å²) in [5, 5.41) is 14.7. The number of alkyl carbamates (subject to hydrolysis) is 1. The second-order valence-corrected chi connectivity index (χ2v) is 9.79. The van der Waals surface area contributed by atoms with E-state index in [1.165, 1.54) is 0 Å². The topological polar surface area (TPSA) is 114 Å². The molecular formula is C27H34N2O6. The van der Waals surface area contributed by atoms with Crippen LogP contribution in [0.25, 0.3) is 11.1 Å². The van der Waals surface area contributed by atoms with Crippen LogP contribution in [0.3, 0.4) is 0 Å². The lowest BCUT2D eigenvalue weighted by Gasteiger charge is -2.30. The molecule has 3 rings (SSSR count). The number of carboxylic acids is 1. The van der Waals surface area contributed by atoms with Crippen molar-refractivity contribution in [1.82, 2.24) is 5.32 Å². The summed E-state index contributed by atoms with van der Waals surface area (Å²) >= 11 is 0. The fraction of sp³-hybridized carbons (Fsp3) is 0.444. The smallest absolute Gasteiger partial charge is 0.411 e. The number of aliphatic carboxylic acids is 1. The molecule has 188 valence electrons. The molecule has 2 aromatic rings. The van der Waals surface area contributed by atoms with Crippen LogP contribution >= 0.6 is 0 Å². The summed E-state index contributed by atoms with van der Waals surface area (Å²) in [5.74, 6) is -0.872. The minimum Gasteiger partial charge on any atom is -0.481 e. The Labute approximate surface area is 206 Å². The molecule has 0 atom stereocenters. The first-order valence-corrected chi connectivity index (χ1v) is 12.0. The highest BCUT2D eigenvalue weighted by Crippen LogP contribution is 2.30. The predicted molar refractivity (Wildman–Crippen MR) is 133 cm³/mol. The minimum absolute atomic E-state index is 0.00907. The van der Waals surface area contributed by atoms with Crippen LogP contribution in [0.2, 0.25) is 0 Å². The molecule has 0 bridgehead atoms. The number of hydrogen-bond donors (Lipinski definition) is 3. The average molecular weight is 483 g/mol. The zero-order chi connectivity index (χ0) is 25.4. The molecule has 1 saturated carbocycles. The number of carbonyl (C=O) groups is 3. The molecule has 0 spiro atoms. The van der Waals surface area contributed by atoms with E-state index < -0.39 is 23.8 Å². The normalized spacial score (nSPS) is 17.8. The molecule has 1 fully saturated rings. The van der Waals surface area contributed by atoms with Gasteiger partial charge in [-0.25, -0.2) is 9.59 Å². The van der Waals surface area contributed by atoms with Gasteiger partial charge in [-0.15, -0.1) is 0 Å². The van der Waals surface area contributed by atoms with Crippen molar-refractivity contribution in [3.05, 3.63) is 54.1 Å². The quantitative estimate of drug-likeness (QED) is 0.463. The number of amides is 2. The van der Waals surface area contributed by atoms with E-state index in [0.29, 0.717) is 37.8 Å². The highest BCUT2D eigenvalue weighted by molar-refractivity contribution is 5.91. The Morgan fingerprint density at radius 3 is 2.29 bits per heavy atom. The van der Waals surface area contributed by atoms with Crippen LogP contribution in [0, 0.1) is 0 Å². The van der Waals surface area contributed by atoms with E-state index in [2.05, 4.69) is 10.6 Å². The van der Waals surface area contributed by atoms with Crippen molar-refractivity contribution in [2.75, 3.05) is 5.32 Å².